The van der Waals surface area contributed by atoms with Crippen LogP contribution in [-0.2, 0) is 6.42 Å². The van der Waals surface area contributed by atoms with Gasteiger partial charge in [0, 0.05) is 68.0 Å². The third-order valence-corrected chi connectivity index (χ3v) is 12.1. The number of para-hydroxylation sites is 1. The first kappa shape index (κ1) is 58.3. The van der Waals surface area contributed by atoms with E-state index in [4.69, 9.17) is 12.8 Å². The Bertz CT molecular complexity index is 3280. The maximum Gasteiger partial charge on any atom is 0.113 e. The van der Waals surface area contributed by atoms with Crippen LogP contribution in [0.3, 0.4) is 0 Å². The van der Waals surface area contributed by atoms with Crippen LogP contribution in [0.25, 0.3) is 67.4 Å². The normalized spacial score (nSPS) is 12.9. The van der Waals surface area contributed by atoms with Crippen molar-refractivity contribution in [3.05, 3.63) is 211 Å². The van der Waals surface area contributed by atoms with Gasteiger partial charge in [-0.05, 0) is 145 Å². The number of rotatable bonds is 18. The number of terminal acetylenes is 2. The van der Waals surface area contributed by atoms with Crippen LogP contribution in [0.2, 0.25) is 0 Å². The summed E-state index contributed by atoms with van der Waals surface area (Å²) in [7, 11) is 0. The maximum atomic E-state index is 5.30. The van der Waals surface area contributed by atoms with Gasteiger partial charge in [-0.1, -0.05) is 157 Å². The molecule has 0 saturated heterocycles. The molecule has 4 aromatic heterocycles. The molecule has 0 amide bonds. The molecule has 380 valence electrons. The molecule has 6 nitrogen and oxygen atoms in total. The lowest BCUT2D eigenvalue weighted by Gasteiger charge is -2.16. The molecule has 7 rings (SSSR count). The van der Waals surface area contributed by atoms with Crippen LogP contribution >= 0.6 is 0 Å². The quantitative estimate of drug-likeness (QED) is 0.0529. The summed E-state index contributed by atoms with van der Waals surface area (Å²) in [6.07, 6.45) is 45.9. The average molecular weight is 979 g/mol. The molecule has 0 radical (unpaired) electrons. The third kappa shape index (κ3) is 14.7. The largest absolute Gasteiger partial charge is 0.320 e. The molecule has 3 aromatic carbocycles. The van der Waals surface area contributed by atoms with Crippen molar-refractivity contribution in [3.8, 4) is 30.4 Å². The smallest absolute Gasteiger partial charge is 0.113 e. The van der Waals surface area contributed by atoms with Gasteiger partial charge in [-0.2, -0.15) is 0 Å². The van der Waals surface area contributed by atoms with Gasteiger partial charge in [-0.15, -0.1) is 12.8 Å². The van der Waals surface area contributed by atoms with Crippen molar-refractivity contribution < 1.29 is 0 Å². The minimum absolute atomic E-state index is 0.120. The van der Waals surface area contributed by atoms with E-state index in [9.17, 15) is 0 Å². The fourth-order valence-corrected chi connectivity index (χ4v) is 8.57. The van der Waals surface area contributed by atoms with Crippen molar-refractivity contribution in [1.82, 2.24) is 18.8 Å². The lowest BCUT2D eigenvalue weighted by atomic mass is 9.99. The summed E-state index contributed by atoms with van der Waals surface area (Å²) in [4.78, 5) is 8.05. The fourth-order valence-electron chi connectivity index (χ4n) is 8.57. The number of aliphatic imine (C=N–C) groups is 1. The number of hydrogen-bond donors (Lipinski definition) is 1. The second-order valence-corrected chi connectivity index (χ2v) is 16.9. The molecule has 6 heteroatoms. The van der Waals surface area contributed by atoms with Gasteiger partial charge in [0.25, 0.3) is 0 Å². The minimum atomic E-state index is -0.197. The van der Waals surface area contributed by atoms with Crippen LogP contribution in [-0.4, -0.2) is 37.6 Å². The Labute approximate surface area is 444 Å². The van der Waals surface area contributed by atoms with E-state index in [-0.39, 0.29) is 12.1 Å². The molecule has 0 aliphatic rings. The van der Waals surface area contributed by atoms with Gasteiger partial charge in [0.05, 0.1) is 28.3 Å². The molecule has 7 aromatic rings. The van der Waals surface area contributed by atoms with E-state index in [1.165, 1.54) is 66.5 Å². The summed E-state index contributed by atoms with van der Waals surface area (Å²) < 4.78 is 6.97. The summed E-state index contributed by atoms with van der Waals surface area (Å²) in [5, 5.41) is 3.72. The monoisotopic (exact) mass is 979 g/mol. The number of aromatic nitrogens is 4. The summed E-state index contributed by atoms with van der Waals surface area (Å²) in [6.45, 7) is 30.6. The van der Waals surface area contributed by atoms with Crippen LogP contribution in [0.5, 0.6) is 0 Å². The summed E-state index contributed by atoms with van der Waals surface area (Å²) in [5.41, 5.74) is 18.9. The zero-order valence-corrected chi connectivity index (χ0v) is 45.9. The Kier molecular flexibility index (Phi) is 24.0. The number of fused-ring (bicyclic) bond motifs is 3. The highest BCUT2D eigenvalue weighted by molar-refractivity contribution is 6.04. The number of hydrogen-bond acceptors (Lipinski definition) is 3. The molecule has 2 atom stereocenters. The van der Waals surface area contributed by atoms with E-state index < -0.39 is 0 Å². The number of benzene rings is 3. The third-order valence-electron chi connectivity index (χ3n) is 12.1. The van der Waals surface area contributed by atoms with Crippen molar-refractivity contribution in [2.75, 3.05) is 5.43 Å². The minimum Gasteiger partial charge on any atom is -0.320 e. The summed E-state index contributed by atoms with van der Waals surface area (Å²) in [5.74, 6) is 5.04. The highest BCUT2D eigenvalue weighted by Gasteiger charge is 2.19. The van der Waals surface area contributed by atoms with Gasteiger partial charge in [0.2, 0.25) is 0 Å². The number of nitrogens with one attached hydrogen (secondary N) is 1. The van der Waals surface area contributed by atoms with Gasteiger partial charge in [0.1, 0.15) is 6.04 Å². The zero-order chi connectivity index (χ0) is 54.0. The maximum absolute atomic E-state index is 5.30. The Morgan fingerprint density at radius 1 is 0.851 bits per heavy atom. The molecule has 0 bridgehead atoms. The first-order chi connectivity index (χ1) is 36.1. The molecule has 0 aliphatic carbocycles. The van der Waals surface area contributed by atoms with Crippen molar-refractivity contribution in [2.24, 2.45) is 4.99 Å². The zero-order valence-electron chi connectivity index (χ0n) is 45.9. The van der Waals surface area contributed by atoms with Gasteiger partial charge in [-0.25, -0.2) is 0 Å². The van der Waals surface area contributed by atoms with Crippen molar-refractivity contribution in [2.45, 2.75) is 108 Å². The molecule has 74 heavy (non-hydrogen) atoms. The molecule has 0 aliphatic heterocycles. The molecule has 0 saturated carbocycles. The topological polar surface area (TPSA) is 52.1 Å². The van der Waals surface area contributed by atoms with Crippen LogP contribution in [0.15, 0.2) is 182 Å². The van der Waals surface area contributed by atoms with Gasteiger partial charge in [0.15, 0.2) is 0 Å². The molecule has 4 heterocycles. The van der Waals surface area contributed by atoms with Gasteiger partial charge >= 0.3 is 0 Å². The van der Waals surface area contributed by atoms with Crippen LogP contribution < -0.4 is 5.43 Å². The van der Waals surface area contributed by atoms with Gasteiger partial charge < -0.3 is 14.6 Å². The fraction of sp³-hybridized carbons (Fsp3) is 0.235. The molecule has 0 spiro atoms. The summed E-state index contributed by atoms with van der Waals surface area (Å²) >= 11 is 0. The van der Waals surface area contributed by atoms with Crippen LogP contribution in [0, 0.1) is 31.6 Å². The highest BCUT2D eigenvalue weighted by Crippen LogP contribution is 2.37. The Hall–Kier alpha value is -8.32. The van der Waals surface area contributed by atoms with E-state index in [0.29, 0.717) is 6.42 Å². The number of pyridine rings is 1. The summed E-state index contributed by atoms with van der Waals surface area (Å²) in [6, 6.07) is 30.2. The second kappa shape index (κ2) is 30.5. The van der Waals surface area contributed by atoms with Crippen LogP contribution in [0.4, 0.5) is 0 Å². The van der Waals surface area contributed by atoms with Crippen LogP contribution in [0.1, 0.15) is 116 Å². The first-order valence-corrected chi connectivity index (χ1v) is 26.0. The Morgan fingerprint density at radius 3 is 2.24 bits per heavy atom. The van der Waals surface area contributed by atoms with E-state index in [1.54, 1.807) is 18.3 Å². The van der Waals surface area contributed by atoms with Crippen molar-refractivity contribution in [3.63, 3.8) is 0 Å². The lowest BCUT2D eigenvalue weighted by molar-refractivity contribution is 0.787. The Morgan fingerprint density at radius 2 is 1.59 bits per heavy atom. The SMILES string of the molecule is C#C/C=C(\C=C/CC(C#C)N=C)c1ccccn1.C=C/C=C\C=C(/C)n1ccc2cc3c(/C=C(\C)c4ccc5c(c4)c(/C=C\CC)c(CC)n5-c4ccccc4)c(C)n(NC(C)/C=C\C=C/C)c3cc21.CC.CC. The molecule has 0 fully saturated rings. The van der Waals surface area contributed by atoms with Crippen molar-refractivity contribution in [1.29, 1.82) is 0 Å². The van der Waals surface area contributed by atoms with E-state index in [1.807, 2.05) is 77.1 Å². The van der Waals surface area contributed by atoms with E-state index in [2.05, 4.69) is 217 Å². The number of nitrogens with zero attached hydrogens (tertiary/aromatic N) is 5. The highest BCUT2D eigenvalue weighted by atomic mass is 15.4. The average Bonchev–Trinajstić information content (AvgIpc) is 4.08. The van der Waals surface area contributed by atoms with Crippen molar-refractivity contribution >= 4 is 68.4 Å². The van der Waals surface area contributed by atoms with E-state index in [0.717, 1.165) is 35.3 Å². The molecule has 2 unspecified atom stereocenters. The molecular formula is C68H78N6. The predicted octanol–water partition coefficient (Wildman–Crippen LogP) is 17.9. The Balaban J connectivity index is 0.000000453. The molecular weight excluding hydrogens is 901 g/mol. The van der Waals surface area contributed by atoms with E-state index >= 15 is 0 Å². The lowest BCUT2D eigenvalue weighted by Crippen LogP contribution is -2.24. The number of allylic oxidation sites excluding steroid dienone is 13. The standard InChI is InChI=1S/C48H52N4.C16H14N2.2C2H6/c1-9-13-17-21-35(6)49-52-37(8)42(44-32-39-28-29-50(47(39)33-48(44)52)36(7)22-18-14-10-2)30-34(5)38-26-27-46-43(31-38)41(25-15-11-3)45(12-4)51(46)40-23-19-16-20-24-40;1-4-9-14(16-12-6-7-13-18-16)10-8-11-15(5-2)17-3;2*1-2/h9-10,13-33,35,49H,2,11-12H2,1,3-8H3;1-2,6-10,12-13,15H,3,11H2;2*1-2H3/b13-9-,18-14-,21-17-,25-15-,34-30+,36-22+;10-8-,14-9+;;. The first-order valence-electron chi connectivity index (χ1n) is 26.0. The predicted molar refractivity (Wildman–Crippen MR) is 329 cm³/mol. The van der Waals surface area contributed by atoms with Gasteiger partial charge in [-0.3, -0.25) is 14.7 Å². The second-order valence-electron chi connectivity index (χ2n) is 16.9. The molecule has 1 N–H and O–H groups in total.